The summed E-state index contributed by atoms with van der Waals surface area (Å²) in [6.45, 7) is 3.77. The second kappa shape index (κ2) is 4.15. The van der Waals surface area contributed by atoms with Gasteiger partial charge in [-0.1, -0.05) is 6.92 Å². The first kappa shape index (κ1) is 9.09. The number of furan rings is 2. The molecule has 2 heterocycles. The van der Waals surface area contributed by atoms with Crippen molar-refractivity contribution in [3.05, 3.63) is 36.3 Å². The van der Waals surface area contributed by atoms with Gasteiger partial charge >= 0.3 is 0 Å². The fraction of sp³-hybridized carbons (Fsp3) is 0.273. The largest absolute Gasteiger partial charge is 0.461 e. The van der Waals surface area contributed by atoms with Gasteiger partial charge in [-0.25, -0.2) is 0 Å². The fourth-order valence-electron chi connectivity index (χ4n) is 1.27. The summed E-state index contributed by atoms with van der Waals surface area (Å²) in [5.74, 6) is 2.48. The van der Waals surface area contributed by atoms with Crippen LogP contribution in [0.1, 0.15) is 12.7 Å². The fourth-order valence-corrected chi connectivity index (χ4v) is 1.27. The van der Waals surface area contributed by atoms with Crippen LogP contribution in [0.3, 0.4) is 0 Å². The van der Waals surface area contributed by atoms with E-state index in [-0.39, 0.29) is 0 Å². The first-order valence-electron chi connectivity index (χ1n) is 4.73. The van der Waals surface area contributed by atoms with Gasteiger partial charge in [-0.05, 0) is 30.8 Å². The van der Waals surface area contributed by atoms with E-state index in [1.54, 1.807) is 6.26 Å². The third-order valence-electron chi connectivity index (χ3n) is 1.97. The number of hydrogen-bond acceptors (Lipinski definition) is 3. The van der Waals surface area contributed by atoms with Crippen molar-refractivity contribution in [1.29, 1.82) is 0 Å². The molecule has 0 radical (unpaired) electrons. The van der Waals surface area contributed by atoms with Crippen LogP contribution in [-0.2, 0) is 6.54 Å². The van der Waals surface area contributed by atoms with Crippen LogP contribution >= 0.6 is 0 Å². The highest BCUT2D eigenvalue weighted by Gasteiger charge is 2.05. The molecule has 14 heavy (non-hydrogen) atoms. The highest BCUT2D eigenvalue weighted by atomic mass is 16.4. The van der Waals surface area contributed by atoms with E-state index in [2.05, 4.69) is 12.2 Å². The van der Waals surface area contributed by atoms with Gasteiger partial charge in [-0.3, -0.25) is 0 Å². The topological polar surface area (TPSA) is 38.3 Å². The van der Waals surface area contributed by atoms with E-state index in [0.29, 0.717) is 0 Å². The minimum Gasteiger partial charge on any atom is -0.461 e. The van der Waals surface area contributed by atoms with Crippen LogP contribution in [0.5, 0.6) is 0 Å². The van der Waals surface area contributed by atoms with Gasteiger partial charge in [0.05, 0.1) is 12.8 Å². The Bertz CT molecular complexity index is 376. The van der Waals surface area contributed by atoms with Crippen molar-refractivity contribution in [2.75, 3.05) is 6.54 Å². The summed E-state index contributed by atoms with van der Waals surface area (Å²) in [6, 6.07) is 7.61. The van der Waals surface area contributed by atoms with E-state index in [1.165, 1.54) is 0 Å². The molecule has 0 spiro atoms. The van der Waals surface area contributed by atoms with E-state index < -0.39 is 0 Å². The summed E-state index contributed by atoms with van der Waals surface area (Å²) in [5.41, 5.74) is 0. The van der Waals surface area contributed by atoms with Crippen LogP contribution in [0.4, 0.5) is 0 Å². The molecule has 0 aliphatic rings. The summed E-state index contributed by atoms with van der Waals surface area (Å²) < 4.78 is 10.8. The Balaban J connectivity index is 2.10. The van der Waals surface area contributed by atoms with Gasteiger partial charge < -0.3 is 14.2 Å². The van der Waals surface area contributed by atoms with Crippen LogP contribution in [0.25, 0.3) is 11.5 Å². The van der Waals surface area contributed by atoms with Crippen LogP contribution in [0, 0.1) is 0 Å². The minimum atomic E-state index is 0.761. The molecule has 0 saturated heterocycles. The Kier molecular flexibility index (Phi) is 2.70. The zero-order valence-corrected chi connectivity index (χ0v) is 8.12. The van der Waals surface area contributed by atoms with E-state index in [4.69, 9.17) is 8.83 Å². The lowest BCUT2D eigenvalue weighted by atomic mass is 10.3. The van der Waals surface area contributed by atoms with Gasteiger partial charge in [0.15, 0.2) is 11.5 Å². The van der Waals surface area contributed by atoms with Crippen molar-refractivity contribution < 1.29 is 8.83 Å². The lowest BCUT2D eigenvalue weighted by Gasteiger charge is -1.96. The van der Waals surface area contributed by atoms with Gasteiger partial charge in [0, 0.05) is 0 Å². The van der Waals surface area contributed by atoms with E-state index >= 15 is 0 Å². The second-order valence-electron chi connectivity index (χ2n) is 3.02. The Morgan fingerprint density at radius 2 is 2.14 bits per heavy atom. The first-order chi connectivity index (χ1) is 6.90. The maximum absolute atomic E-state index is 5.57. The lowest BCUT2D eigenvalue weighted by molar-refractivity contribution is 0.477. The molecule has 0 atom stereocenters. The predicted octanol–water partition coefficient (Wildman–Crippen LogP) is 2.65. The molecular weight excluding hydrogens is 178 g/mol. The van der Waals surface area contributed by atoms with Gasteiger partial charge in [0.25, 0.3) is 0 Å². The quantitative estimate of drug-likeness (QED) is 0.807. The molecular formula is C11H13NO2. The molecule has 2 rings (SSSR count). The molecule has 0 saturated carbocycles. The third kappa shape index (κ3) is 1.88. The van der Waals surface area contributed by atoms with E-state index in [1.807, 2.05) is 24.3 Å². The molecule has 2 aromatic heterocycles. The Labute approximate surface area is 82.7 Å². The zero-order valence-electron chi connectivity index (χ0n) is 8.12. The molecule has 0 unspecified atom stereocenters. The molecule has 3 heteroatoms. The van der Waals surface area contributed by atoms with Crippen LogP contribution in [0.2, 0.25) is 0 Å². The second-order valence-corrected chi connectivity index (χ2v) is 3.02. The smallest absolute Gasteiger partial charge is 0.169 e. The lowest BCUT2D eigenvalue weighted by Crippen LogP contribution is -2.10. The molecule has 0 bridgehead atoms. The van der Waals surface area contributed by atoms with Gasteiger partial charge in [-0.2, -0.15) is 0 Å². The van der Waals surface area contributed by atoms with Gasteiger partial charge in [0.2, 0.25) is 0 Å². The predicted molar refractivity (Wildman–Crippen MR) is 53.8 cm³/mol. The van der Waals surface area contributed by atoms with Crippen molar-refractivity contribution in [2.45, 2.75) is 13.5 Å². The Morgan fingerprint density at radius 1 is 1.21 bits per heavy atom. The molecule has 1 N–H and O–H groups in total. The molecule has 0 aromatic carbocycles. The maximum Gasteiger partial charge on any atom is 0.169 e. The van der Waals surface area contributed by atoms with E-state index in [9.17, 15) is 0 Å². The highest BCUT2D eigenvalue weighted by Crippen LogP contribution is 2.22. The molecule has 0 aliphatic carbocycles. The molecule has 2 aromatic rings. The SMILES string of the molecule is CCNCc1ccc(-c2ccco2)o1. The van der Waals surface area contributed by atoms with Crippen molar-refractivity contribution >= 4 is 0 Å². The molecule has 0 fully saturated rings. The van der Waals surface area contributed by atoms with Crippen LogP contribution in [0.15, 0.2) is 39.4 Å². The molecule has 0 aliphatic heterocycles. The Morgan fingerprint density at radius 3 is 2.86 bits per heavy atom. The van der Waals surface area contributed by atoms with E-state index in [0.717, 1.165) is 30.4 Å². The van der Waals surface area contributed by atoms with Gasteiger partial charge in [0.1, 0.15) is 5.76 Å². The maximum atomic E-state index is 5.57. The number of hydrogen-bond donors (Lipinski definition) is 1. The number of rotatable bonds is 4. The van der Waals surface area contributed by atoms with Crippen molar-refractivity contribution in [2.24, 2.45) is 0 Å². The first-order valence-corrected chi connectivity index (χ1v) is 4.73. The monoisotopic (exact) mass is 191 g/mol. The van der Waals surface area contributed by atoms with Gasteiger partial charge in [-0.15, -0.1) is 0 Å². The molecule has 0 amide bonds. The minimum absolute atomic E-state index is 0.761. The summed E-state index contributed by atoms with van der Waals surface area (Å²) in [5, 5.41) is 3.20. The van der Waals surface area contributed by atoms with Crippen molar-refractivity contribution in [3.63, 3.8) is 0 Å². The standard InChI is InChI=1S/C11H13NO2/c1-2-12-8-9-5-6-11(14-9)10-4-3-7-13-10/h3-7,12H,2,8H2,1H3. The summed E-state index contributed by atoms with van der Waals surface area (Å²) >= 11 is 0. The third-order valence-corrected chi connectivity index (χ3v) is 1.97. The zero-order chi connectivity index (χ0) is 9.80. The molecule has 74 valence electrons. The van der Waals surface area contributed by atoms with Crippen molar-refractivity contribution in [3.8, 4) is 11.5 Å². The summed E-state index contributed by atoms with van der Waals surface area (Å²) in [4.78, 5) is 0. The average molecular weight is 191 g/mol. The highest BCUT2D eigenvalue weighted by molar-refractivity contribution is 5.49. The summed E-state index contributed by atoms with van der Waals surface area (Å²) in [6.07, 6.45) is 1.64. The summed E-state index contributed by atoms with van der Waals surface area (Å²) in [7, 11) is 0. The number of nitrogens with one attached hydrogen (secondary N) is 1. The Hall–Kier alpha value is -1.48. The molecule has 3 nitrogen and oxygen atoms in total. The normalized spacial score (nSPS) is 10.6. The van der Waals surface area contributed by atoms with Crippen molar-refractivity contribution in [1.82, 2.24) is 5.32 Å². The van der Waals surface area contributed by atoms with Crippen LogP contribution < -0.4 is 5.32 Å². The van der Waals surface area contributed by atoms with Crippen LogP contribution in [-0.4, -0.2) is 6.54 Å². The average Bonchev–Trinajstić information content (AvgIpc) is 2.85.